The van der Waals surface area contributed by atoms with Crippen LogP contribution in [0, 0.1) is 6.92 Å². The highest BCUT2D eigenvalue weighted by atomic mass is 32.1. The SMILES string of the molecule is Cc1cncc(C(O)c2snnc2C(C)(C)C)c1. The first-order valence-electron chi connectivity index (χ1n) is 5.82. The molecule has 96 valence electrons. The van der Waals surface area contributed by atoms with E-state index >= 15 is 0 Å². The average molecular weight is 263 g/mol. The molecule has 18 heavy (non-hydrogen) atoms. The maximum atomic E-state index is 10.4. The molecule has 1 unspecified atom stereocenters. The molecule has 4 nitrogen and oxygen atoms in total. The fourth-order valence-corrected chi connectivity index (χ4v) is 2.66. The second-order valence-electron chi connectivity index (χ2n) is 5.43. The van der Waals surface area contributed by atoms with Crippen LogP contribution in [-0.4, -0.2) is 19.7 Å². The minimum Gasteiger partial charge on any atom is -0.383 e. The lowest BCUT2D eigenvalue weighted by molar-refractivity contribution is 0.220. The van der Waals surface area contributed by atoms with Crippen molar-refractivity contribution in [3.63, 3.8) is 0 Å². The zero-order valence-electron chi connectivity index (χ0n) is 11.0. The van der Waals surface area contributed by atoms with E-state index in [4.69, 9.17) is 0 Å². The summed E-state index contributed by atoms with van der Waals surface area (Å²) in [5, 5.41) is 14.6. The van der Waals surface area contributed by atoms with E-state index in [1.807, 2.05) is 13.0 Å². The standard InChI is InChI=1S/C13H17N3OS/c1-8-5-9(7-14-6-8)10(17)11-12(13(2,3)4)15-16-18-11/h5-7,10,17H,1-4H3. The highest BCUT2D eigenvalue weighted by Crippen LogP contribution is 2.33. The number of rotatable bonds is 2. The summed E-state index contributed by atoms with van der Waals surface area (Å²) in [6.07, 6.45) is 2.75. The number of aliphatic hydroxyl groups is 1. The van der Waals surface area contributed by atoms with Gasteiger partial charge in [0.15, 0.2) is 0 Å². The number of nitrogens with zero attached hydrogens (tertiary/aromatic N) is 3. The van der Waals surface area contributed by atoms with Crippen LogP contribution in [0.1, 0.15) is 48.6 Å². The van der Waals surface area contributed by atoms with Crippen molar-refractivity contribution in [2.45, 2.75) is 39.2 Å². The zero-order chi connectivity index (χ0) is 13.3. The van der Waals surface area contributed by atoms with E-state index in [1.54, 1.807) is 12.4 Å². The lowest BCUT2D eigenvalue weighted by Gasteiger charge is -2.19. The van der Waals surface area contributed by atoms with Gasteiger partial charge in [0.25, 0.3) is 0 Å². The van der Waals surface area contributed by atoms with E-state index in [1.165, 1.54) is 11.5 Å². The highest BCUT2D eigenvalue weighted by Gasteiger charge is 2.27. The maximum Gasteiger partial charge on any atom is 0.118 e. The number of aryl methyl sites for hydroxylation is 1. The Labute approximate surface area is 111 Å². The van der Waals surface area contributed by atoms with Crippen LogP contribution in [-0.2, 0) is 5.41 Å². The molecule has 2 aromatic heterocycles. The highest BCUT2D eigenvalue weighted by molar-refractivity contribution is 7.05. The summed E-state index contributed by atoms with van der Waals surface area (Å²) >= 11 is 1.25. The molecule has 0 aromatic carbocycles. The average Bonchev–Trinajstić information content (AvgIpc) is 2.76. The van der Waals surface area contributed by atoms with E-state index in [0.717, 1.165) is 21.7 Å². The van der Waals surface area contributed by atoms with Crippen LogP contribution in [0.4, 0.5) is 0 Å². The first kappa shape index (κ1) is 13.1. The summed E-state index contributed by atoms with van der Waals surface area (Å²) in [5.74, 6) is 0. The van der Waals surface area contributed by atoms with Crippen molar-refractivity contribution < 1.29 is 5.11 Å². The van der Waals surface area contributed by atoms with Gasteiger partial charge in [0.1, 0.15) is 6.10 Å². The van der Waals surface area contributed by atoms with Gasteiger partial charge in [-0.2, -0.15) is 0 Å². The smallest absolute Gasteiger partial charge is 0.118 e. The molecule has 0 fully saturated rings. The molecule has 2 rings (SSSR count). The van der Waals surface area contributed by atoms with Gasteiger partial charge in [-0.1, -0.05) is 31.3 Å². The molecule has 0 aliphatic heterocycles. The molecule has 0 spiro atoms. The van der Waals surface area contributed by atoms with Crippen molar-refractivity contribution in [3.05, 3.63) is 40.2 Å². The Balaban J connectivity index is 2.41. The first-order chi connectivity index (χ1) is 8.39. The summed E-state index contributed by atoms with van der Waals surface area (Å²) in [4.78, 5) is 4.91. The van der Waals surface area contributed by atoms with Gasteiger partial charge in [0, 0.05) is 23.4 Å². The molecule has 2 heterocycles. The van der Waals surface area contributed by atoms with Gasteiger partial charge < -0.3 is 5.11 Å². The molecule has 0 saturated carbocycles. The first-order valence-corrected chi connectivity index (χ1v) is 6.59. The van der Waals surface area contributed by atoms with Crippen LogP contribution >= 0.6 is 11.5 Å². The van der Waals surface area contributed by atoms with Crippen LogP contribution in [0.3, 0.4) is 0 Å². The van der Waals surface area contributed by atoms with Crippen molar-refractivity contribution in [3.8, 4) is 0 Å². The third kappa shape index (κ3) is 2.57. The normalized spacial score (nSPS) is 13.6. The summed E-state index contributed by atoms with van der Waals surface area (Å²) in [7, 11) is 0. The summed E-state index contributed by atoms with van der Waals surface area (Å²) in [6.45, 7) is 8.15. The van der Waals surface area contributed by atoms with E-state index in [2.05, 4.69) is 35.3 Å². The number of aromatic nitrogens is 3. The molecule has 1 atom stereocenters. The van der Waals surface area contributed by atoms with Crippen LogP contribution in [0.2, 0.25) is 0 Å². The van der Waals surface area contributed by atoms with E-state index in [-0.39, 0.29) is 5.41 Å². The number of hydrogen-bond donors (Lipinski definition) is 1. The molecule has 0 amide bonds. The molecule has 1 N–H and O–H groups in total. The van der Waals surface area contributed by atoms with Gasteiger partial charge in [-0.3, -0.25) is 4.98 Å². The van der Waals surface area contributed by atoms with Gasteiger partial charge in [0.2, 0.25) is 0 Å². The topological polar surface area (TPSA) is 58.9 Å². The summed E-state index contributed by atoms with van der Waals surface area (Å²) in [5.41, 5.74) is 2.54. The fourth-order valence-electron chi connectivity index (χ4n) is 1.78. The van der Waals surface area contributed by atoms with Crippen LogP contribution < -0.4 is 0 Å². The largest absolute Gasteiger partial charge is 0.383 e. The molecule has 0 radical (unpaired) electrons. The zero-order valence-corrected chi connectivity index (χ0v) is 11.8. The van der Waals surface area contributed by atoms with Crippen LogP contribution in [0.15, 0.2) is 18.5 Å². The predicted molar refractivity (Wildman–Crippen MR) is 71.6 cm³/mol. The third-order valence-corrected chi connectivity index (χ3v) is 3.46. The Hall–Kier alpha value is -1.33. The number of aliphatic hydroxyl groups excluding tert-OH is 1. The van der Waals surface area contributed by atoms with E-state index in [9.17, 15) is 5.11 Å². The summed E-state index contributed by atoms with van der Waals surface area (Å²) in [6, 6.07) is 1.93. The maximum absolute atomic E-state index is 10.4. The Morgan fingerprint density at radius 1 is 1.28 bits per heavy atom. The third-order valence-electron chi connectivity index (χ3n) is 2.68. The number of hydrogen-bond acceptors (Lipinski definition) is 5. The molecular weight excluding hydrogens is 246 g/mol. The molecule has 5 heteroatoms. The molecule has 0 bridgehead atoms. The molecule has 0 aliphatic carbocycles. The minimum absolute atomic E-state index is 0.124. The van der Waals surface area contributed by atoms with Crippen molar-refractivity contribution in [1.82, 2.24) is 14.6 Å². The van der Waals surface area contributed by atoms with Gasteiger partial charge in [-0.25, -0.2) is 0 Å². The Bertz CT molecular complexity index is 545. The van der Waals surface area contributed by atoms with Gasteiger partial charge in [-0.15, -0.1) is 5.10 Å². The Morgan fingerprint density at radius 2 is 2.00 bits per heavy atom. The lowest BCUT2D eigenvalue weighted by atomic mass is 9.89. The van der Waals surface area contributed by atoms with Crippen molar-refractivity contribution >= 4 is 11.5 Å². The summed E-state index contributed by atoms with van der Waals surface area (Å²) < 4.78 is 3.97. The Kier molecular flexibility index (Phi) is 3.45. The second-order valence-corrected chi connectivity index (χ2v) is 6.22. The minimum atomic E-state index is -0.702. The molecule has 0 aliphatic rings. The van der Waals surface area contributed by atoms with E-state index in [0.29, 0.717) is 0 Å². The molecule has 0 saturated heterocycles. The molecular formula is C13H17N3OS. The van der Waals surface area contributed by atoms with Gasteiger partial charge >= 0.3 is 0 Å². The predicted octanol–water partition coefficient (Wildman–Crippen LogP) is 2.62. The van der Waals surface area contributed by atoms with Crippen LogP contribution in [0.25, 0.3) is 0 Å². The Morgan fingerprint density at radius 3 is 2.61 bits per heavy atom. The number of pyridine rings is 1. The lowest BCUT2D eigenvalue weighted by Crippen LogP contribution is -2.16. The fraction of sp³-hybridized carbons (Fsp3) is 0.462. The second kappa shape index (κ2) is 4.74. The monoisotopic (exact) mass is 263 g/mol. The van der Waals surface area contributed by atoms with Crippen molar-refractivity contribution in [2.75, 3.05) is 0 Å². The van der Waals surface area contributed by atoms with Crippen LogP contribution in [0.5, 0.6) is 0 Å². The van der Waals surface area contributed by atoms with Gasteiger partial charge in [0.05, 0.1) is 10.6 Å². The quantitative estimate of drug-likeness (QED) is 0.905. The van der Waals surface area contributed by atoms with E-state index < -0.39 is 6.10 Å². The van der Waals surface area contributed by atoms with Crippen molar-refractivity contribution in [2.24, 2.45) is 0 Å². The van der Waals surface area contributed by atoms with Crippen molar-refractivity contribution in [1.29, 1.82) is 0 Å². The molecule has 2 aromatic rings. The van der Waals surface area contributed by atoms with Gasteiger partial charge in [-0.05, 0) is 24.0 Å².